The molecule has 0 aliphatic carbocycles. The highest BCUT2D eigenvalue weighted by molar-refractivity contribution is 5.81. The van der Waals surface area contributed by atoms with Crippen LogP contribution in [0.5, 0.6) is 23.0 Å². The molecule has 2 aromatic carbocycles. The van der Waals surface area contributed by atoms with Crippen molar-refractivity contribution in [1.29, 1.82) is 0 Å². The van der Waals surface area contributed by atoms with Gasteiger partial charge in [0.2, 0.25) is 6.79 Å². The smallest absolute Gasteiger partial charge is 0.315 e. The first-order valence-electron chi connectivity index (χ1n) is 8.37. The Morgan fingerprint density at radius 1 is 1.04 bits per heavy atom. The van der Waals surface area contributed by atoms with Crippen molar-refractivity contribution in [2.45, 2.75) is 19.8 Å². The van der Waals surface area contributed by atoms with Crippen molar-refractivity contribution in [3.8, 4) is 23.0 Å². The van der Waals surface area contributed by atoms with Crippen LogP contribution in [0.3, 0.4) is 0 Å². The lowest BCUT2D eigenvalue weighted by Crippen LogP contribution is -2.35. The lowest BCUT2D eigenvalue weighted by Gasteiger charge is -2.34. The van der Waals surface area contributed by atoms with Gasteiger partial charge in [0, 0.05) is 17.5 Å². The van der Waals surface area contributed by atoms with Crippen LogP contribution in [0.15, 0.2) is 36.4 Å². The number of esters is 1. The van der Waals surface area contributed by atoms with Gasteiger partial charge in [-0.2, -0.15) is 0 Å². The van der Waals surface area contributed by atoms with Gasteiger partial charge >= 0.3 is 5.97 Å². The maximum Gasteiger partial charge on any atom is 0.315 e. The average Bonchev–Trinajstić information content (AvgIpc) is 3.06. The second kappa shape index (κ2) is 5.99. The highest BCUT2D eigenvalue weighted by atomic mass is 16.7. The van der Waals surface area contributed by atoms with Crippen LogP contribution in [-0.4, -0.2) is 19.9 Å². The number of benzene rings is 2. The first-order valence-corrected chi connectivity index (χ1v) is 8.37. The molecular formula is C20H20O5. The number of fused-ring (bicyclic) bond motifs is 2. The molecule has 0 radical (unpaired) electrons. The molecule has 0 aromatic heterocycles. The van der Waals surface area contributed by atoms with Gasteiger partial charge in [0.05, 0.1) is 13.0 Å². The second-order valence-corrected chi connectivity index (χ2v) is 6.69. The minimum absolute atomic E-state index is 0.100. The van der Waals surface area contributed by atoms with Crippen molar-refractivity contribution >= 4 is 5.97 Å². The molecule has 130 valence electrons. The van der Waals surface area contributed by atoms with Gasteiger partial charge in [-0.1, -0.05) is 26.0 Å². The quantitative estimate of drug-likeness (QED) is 0.629. The molecule has 2 atom stereocenters. The van der Waals surface area contributed by atoms with E-state index in [1.54, 1.807) is 13.2 Å². The van der Waals surface area contributed by atoms with Crippen molar-refractivity contribution < 1.29 is 23.7 Å². The van der Waals surface area contributed by atoms with E-state index in [0.29, 0.717) is 17.2 Å². The monoisotopic (exact) mass is 340 g/mol. The van der Waals surface area contributed by atoms with Gasteiger partial charge < -0.3 is 18.9 Å². The Morgan fingerprint density at radius 3 is 2.36 bits per heavy atom. The van der Waals surface area contributed by atoms with Gasteiger partial charge in [-0.15, -0.1) is 0 Å². The number of carbonyl (C=O) groups excluding carboxylic acids is 1. The highest BCUT2D eigenvalue weighted by Gasteiger charge is 2.41. The molecule has 0 fully saturated rings. The van der Waals surface area contributed by atoms with Gasteiger partial charge in [-0.25, -0.2) is 0 Å². The molecule has 0 saturated heterocycles. The van der Waals surface area contributed by atoms with Crippen molar-refractivity contribution in [3.05, 3.63) is 47.5 Å². The van der Waals surface area contributed by atoms with Gasteiger partial charge in [-0.3, -0.25) is 4.79 Å². The summed E-state index contributed by atoms with van der Waals surface area (Å²) >= 11 is 0. The molecule has 0 amide bonds. The number of methoxy groups -OCH3 is 1. The molecule has 2 aliphatic rings. The van der Waals surface area contributed by atoms with Gasteiger partial charge in [0.25, 0.3) is 0 Å². The van der Waals surface area contributed by atoms with E-state index in [0.717, 1.165) is 16.9 Å². The zero-order valence-corrected chi connectivity index (χ0v) is 14.4. The normalized spacial score (nSPS) is 21.0. The predicted molar refractivity (Wildman–Crippen MR) is 91.4 cm³/mol. The lowest BCUT2D eigenvalue weighted by atomic mass is 9.73. The van der Waals surface area contributed by atoms with E-state index < -0.39 is 0 Å². The van der Waals surface area contributed by atoms with Crippen LogP contribution in [0.25, 0.3) is 0 Å². The summed E-state index contributed by atoms with van der Waals surface area (Å²) in [6.45, 7) is 4.27. The maximum atomic E-state index is 12.7. The minimum atomic E-state index is -0.263. The molecule has 5 heteroatoms. The fraction of sp³-hybridized carbons (Fsp3) is 0.350. The van der Waals surface area contributed by atoms with Crippen LogP contribution in [0.2, 0.25) is 0 Å². The third-order valence-electron chi connectivity index (χ3n) is 4.88. The standard InChI is InChI=1S/C20H20O5/c1-11(2)18-19(12-4-6-13(22-3)7-5-12)14-8-16-17(24-10-23-16)9-15(14)25-20(18)21/h4-9,11,18-19H,10H2,1-3H3/t18-,19+/m0/s1. The summed E-state index contributed by atoms with van der Waals surface area (Å²) in [4.78, 5) is 12.7. The first-order chi connectivity index (χ1) is 12.1. The Kier molecular flexibility index (Phi) is 3.79. The lowest BCUT2D eigenvalue weighted by molar-refractivity contribution is -0.142. The zero-order valence-electron chi connectivity index (χ0n) is 14.4. The molecule has 2 heterocycles. The largest absolute Gasteiger partial charge is 0.497 e. The number of rotatable bonds is 3. The highest BCUT2D eigenvalue weighted by Crippen LogP contribution is 2.49. The average molecular weight is 340 g/mol. The zero-order chi connectivity index (χ0) is 17.6. The predicted octanol–water partition coefficient (Wildman–Crippen LogP) is 3.75. The summed E-state index contributed by atoms with van der Waals surface area (Å²) in [6, 6.07) is 11.5. The molecule has 0 unspecified atom stereocenters. The molecule has 0 spiro atoms. The second-order valence-electron chi connectivity index (χ2n) is 6.69. The van der Waals surface area contributed by atoms with Crippen LogP contribution in [-0.2, 0) is 4.79 Å². The van der Waals surface area contributed by atoms with Gasteiger partial charge in [-0.05, 0) is 29.7 Å². The molecule has 0 saturated carbocycles. The Morgan fingerprint density at radius 2 is 1.72 bits per heavy atom. The Bertz CT molecular complexity index is 810. The number of carbonyl (C=O) groups is 1. The van der Waals surface area contributed by atoms with E-state index in [4.69, 9.17) is 18.9 Å². The van der Waals surface area contributed by atoms with Crippen molar-refractivity contribution in [3.63, 3.8) is 0 Å². The summed E-state index contributed by atoms with van der Waals surface area (Å²) in [7, 11) is 1.64. The number of ether oxygens (including phenoxy) is 4. The van der Waals surface area contributed by atoms with Gasteiger partial charge in [0.1, 0.15) is 11.5 Å². The Balaban J connectivity index is 1.86. The molecule has 0 N–H and O–H groups in total. The molecule has 0 bridgehead atoms. The van der Waals surface area contributed by atoms with E-state index >= 15 is 0 Å². The maximum absolute atomic E-state index is 12.7. The third-order valence-corrected chi connectivity index (χ3v) is 4.88. The summed E-state index contributed by atoms with van der Waals surface area (Å²) in [6.07, 6.45) is 0. The SMILES string of the molecule is COc1ccc([C@@H]2c3cc4c(cc3OC(=O)[C@H]2C(C)C)OCO4)cc1. The van der Waals surface area contributed by atoms with Crippen molar-refractivity contribution in [2.24, 2.45) is 11.8 Å². The summed E-state index contributed by atoms with van der Waals surface area (Å²) in [5, 5.41) is 0. The molecule has 2 aliphatic heterocycles. The Labute approximate surface area is 146 Å². The van der Waals surface area contributed by atoms with Crippen LogP contribution in [0.4, 0.5) is 0 Å². The van der Waals surface area contributed by atoms with E-state index in [9.17, 15) is 4.79 Å². The topological polar surface area (TPSA) is 54.0 Å². The van der Waals surface area contributed by atoms with Crippen molar-refractivity contribution in [1.82, 2.24) is 0 Å². The molecule has 25 heavy (non-hydrogen) atoms. The summed E-state index contributed by atoms with van der Waals surface area (Å²) in [5.74, 6) is 2.21. The van der Waals surface area contributed by atoms with E-state index in [-0.39, 0.29) is 30.5 Å². The van der Waals surface area contributed by atoms with Crippen molar-refractivity contribution in [2.75, 3.05) is 13.9 Å². The summed E-state index contributed by atoms with van der Waals surface area (Å²) < 4.78 is 21.8. The molecule has 5 nitrogen and oxygen atoms in total. The van der Waals surface area contributed by atoms with Crippen LogP contribution in [0.1, 0.15) is 30.9 Å². The summed E-state index contributed by atoms with van der Waals surface area (Å²) in [5.41, 5.74) is 2.00. The van der Waals surface area contributed by atoms with E-state index in [2.05, 4.69) is 0 Å². The van der Waals surface area contributed by atoms with Crippen LogP contribution < -0.4 is 18.9 Å². The molecule has 4 rings (SSSR count). The Hall–Kier alpha value is -2.69. The third kappa shape index (κ3) is 2.60. The van der Waals surface area contributed by atoms with E-state index in [1.165, 1.54) is 0 Å². The first kappa shape index (κ1) is 15.8. The fourth-order valence-corrected chi connectivity index (χ4v) is 3.63. The van der Waals surface area contributed by atoms with Gasteiger partial charge in [0.15, 0.2) is 11.5 Å². The number of hydrogen-bond acceptors (Lipinski definition) is 5. The number of hydrogen-bond donors (Lipinski definition) is 0. The minimum Gasteiger partial charge on any atom is -0.497 e. The van der Waals surface area contributed by atoms with Crippen LogP contribution >= 0.6 is 0 Å². The molecular weight excluding hydrogens is 320 g/mol. The van der Waals surface area contributed by atoms with E-state index in [1.807, 2.05) is 44.2 Å². The fourth-order valence-electron chi connectivity index (χ4n) is 3.63. The van der Waals surface area contributed by atoms with Crippen LogP contribution in [0, 0.1) is 11.8 Å². The molecule has 2 aromatic rings.